The first-order chi connectivity index (χ1) is 7.93. The van der Waals surface area contributed by atoms with Gasteiger partial charge in [0.25, 0.3) is 0 Å². The van der Waals surface area contributed by atoms with E-state index in [1.807, 2.05) is 0 Å². The Morgan fingerprint density at radius 3 is 2.35 bits per heavy atom. The Labute approximate surface area is 96.9 Å². The fourth-order valence-corrected chi connectivity index (χ4v) is 1.35. The third-order valence-electron chi connectivity index (χ3n) is 2.22. The predicted molar refractivity (Wildman–Crippen MR) is 56.0 cm³/mol. The molecule has 0 radical (unpaired) electrons. The molecule has 0 saturated carbocycles. The molecule has 3 N–H and O–H groups in total. The molecule has 1 rings (SSSR count). The monoisotopic (exact) mass is 245 g/mol. The largest absolute Gasteiger partial charge is 0.388 e. The average Bonchev–Trinajstić information content (AvgIpc) is 2.25. The van der Waals surface area contributed by atoms with Crippen molar-refractivity contribution in [2.45, 2.75) is 19.1 Å². The molecule has 4 nitrogen and oxygen atoms in total. The van der Waals surface area contributed by atoms with Crippen LogP contribution in [0, 0.1) is 11.6 Å². The van der Waals surface area contributed by atoms with Gasteiger partial charge in [-0.15, -0.1) is 0 Å². The molecular formula is C11H13F2NO3. The van der Waals surface area contributed by atoms with Crippen LogP contribution in [0.25, 0.3) is 0 Å². The van der Waals surface area contributed by atoms with Crippen molar-refractivity contribution in [2.75, 3.05) is 6.54 Å². The van der Waals surface area contributed by atoms with Gasteiger partial charge in [-0.3, -0.25) is 4.79 Å². The lowest BCUT2D eigenvalue weighted by atomic mass is 10.0. The van der Waals surface area contributed by atoms with Crippen molar-refractivity contribution in [1.29, 1.82) is 0 Å². The lowest BCUT2D eigenvalue weighted by molar-refractivity contribution is -0.119. The molecule has 0 spiro atoms. The van der Waals surface area contributed by atoms with Crippen molar-refractivity contribution in [3.63, 3.8) is 0 Å². The zero-order valence-corrected chi connectivity index (χ0v) is 9.15. The summed E-state index contributed by atoms with van der Waals surface area (Å²) in [5.74, 6) is -2.30. The molecule has 0 saturated heterocycles. The first-order valence-corrected chi connectivity index (χ1v) is 4.98. The predicted octanol–water partition coefficient (Wildman–Crippen LogP) is 0.495. The quantitative estimate of drug-likeness (QED) is 0.723. The van der Waals surface area contributed by atoms with Crippen LogP contribution in [0.2, 0.25) is 0 Å². The number of amides is 1. The highest BCUT2D eigenvalue weighted by atomic mass is 19.1. The van der Waals surface area contributed by atoms with Crippen LogP contribution in [0.1, 0.15) is 18.6 Å². The molecule has 0 aliphatic rings. The number of carbonyl (C=O) groups excluding carboxylic acids is 1. The van der Waals surface area contributed by atoms with Crippen molar-refractivity contribution in [3.8, 4) is 0 Å². The molecule has 2 atom stereocenters. The van der Waals surface area contributed by atoms with Crippen LogP contribution in [0.4, 0.5) is 8.78 Å². The number of aliphatic hydroxyl groups is 2. The Morgan fingerprint density at radius 2 is 1.88 bits per heavy atom. The molecule has 0 aliphatic carbocycles. The number of carbonyl (C=O) groups is 1. The van der Waals surface area contributed by atoms with Crippen LogP contribution in [0.5, 0.6) is 0 Å². The maximum absolute atomic E-state index is 13.3. The van der Waals surface area contributed by atoms with E-state index in [9.17, 15) is 23.8 Å². The van der Waals surface area contributed by atoms with E-state index in [0.29, 0.717) is 0 Å². The topological polar surface area (TPSA) is 69.6 Å². The second-order valence-corrected chi connectivity index (χ2v) is 3.58. The molecule has 94 valence electrons. The highest BCUT2D eigenvalue weighted by Crippen LogP contribution is 2.23. The molecule has 0 fully saturated rings. The number of hydrogen-bond acceptors (Lipinski definition) is 3. The van der Waals surface area contributed by atoms with Gasteiger partial charge >= 0.3 is 0 Å². The summed E-state index contributed by atoms with van der Waals surface area (Å²) in [5, 5.41) is 21.3. The summed E-state index contributed by atoms with van der Waals surface area (Å²) in [6.07, 6.45) is -3.21. The second-order valence-electron chi connectivity index (χ2n) is 3.58. The Hall–Kier alpha value is -1.53. The van der Waals surface area contributed by atoms with Crippen molar-refractivity contribution < 1.29 is 23.8 Å². The van der Waals surface area contributed by atoms with Crippen LogP contribution in [0.15, 0.2) is 18.2 Å². The molecule has 2 unspecified atom stereocenters. The third kappa shape index (κ3) is 3.47. The number of aliphatic hydroxyl groups excluding tert-OH is 2. The number of halogens is 2. The minimum atomic E-state index is -1.73. The minimum absolute atomic E-state index is 0.287. The Morgan fingerprint density at radius 1 is 1.35 bits per heavy atom. The van der Waals surface area contributed by atoms with Gasteiger partial charge in [0.05, 0.1) is 5.56 Å². The van der Waals surface area contributed by atoms with E-state index in [1.54, 1.807) is 0 Å². The fraction of sp³-hybridized carbons (Fsp3) is 0.364. The van der Waals surface area contributed by atoms with Gasteiger partial charge in [-0.2, -0.15) is 0 Å². The summed E-state index contributed by atoms with van der Waals surface area (Å²) in [4.78, 5) is 10.6. The van der Waals surface area contributed by atoms with Crippen molar-refractivity contribution in [3.05, 3.63) is 35.4 Å². The molecule has 0 heterocycles. The highest BCUT2D eigenvalue weighted by molar-refractivity contribution is 5.72. The summed E-state index contributed by atoms with van der Waals surface area (Å²) < 4.78 is 26.5. The molecule has 0 aromatic heterocycles. The SMILES string of the molecule is CC(=O)NCC(O)C(O)c1c(F)cccc1F. The molecule has 0 aliphatic heterocycles. The van der Waals surface area contributed by atoms with Crippen LogP contribution >= 0.6 is 0 Å². The lowest BCUT2D eigenvalue weighted by Gasteiger charge is -2.19. The van der Waals surface area contributed by atoms with Gasteiger partial charge in [0.1, 0.15) is 23.8 Å². The van der Waals surface area contributed by atoms with Gasteiger partial charge in [-0.25, -0.2) is 8.78 Å². The zero-order valence-electron chi connectivity index (χ0n) is 9.15. The van der Waals surface area contributed by atoms with E-state index in [-0.39, 0.29) is 6.54 Å². The Kier molecular flexibility index (Phi) is 4.53. The third-order valence-corrected chi connectivity index (χ3v) is 2.22. The van der Waals surface area contributed by atoms with E-state index < -0.39 is 35.3 Å². The first-order valence-electron chi connectivity index (χ1n) is 4.98. The maximum atomic E-state index is 13.3. The molecule has 1 aromatic carbocycles. The maximum Gasteiger partial charge on any atom is 0.216 e. The number of nitrogens with one attached hydrogen (secondary N) is 1. The minimum Gasteiger partial charge on any atom is -0.388 e. The normalized spacial score (nSPS) is 14.2. The Balaban J connectivity index is 2.81. The second kappa shape index (κ2) is 5.70. The van der Waals surface area contributed by atoms with Gasteiger partial charge < -0.3 is 15.5 Å². The van der Waals surface area contributed by atoms with Crippen molar-refractivity contribution in [1.82, 2.24) is 5.32 Å². The summed E-state index contributed by atoms with van der Waals surface area (Å²) in [7, 11) is 0. The van der Waals surface area contributed by atoms with Crippen LogP contribution in [0.3, 0.4) is 0 Å². The lowest BCUT2D eigenvalue weighted by Crippen LogP contribution is -2.34. The molecule has 1 amide bonds. The fourth-order valence-electron chi connectivity index (χ4n) is 1.35. The standard InChI is InChI=1S/C11H13F2NO3/c1-6(15)14-5-9(16)11(17)10-7(12)3-2-4-8(10)13/h2-4,9,11,16-17H,5H2,1H3,(H,14,15). The van der Waals surface area contributed by atoms with Crippen LogP contribution in [-0.4, -0.2) is 28.8 Å². The van der Waals surface area contributed by atoms with Gasteiger partial charge in [0.15, 0.2) is 0 Å². The van der Waals surface area contributed by atoms with Crippen molar-refractivity contribution >= 4 is 5.91 Å². The van der Waals surface area contributed by atoms with Gasteiger partial charge in [0, 0.05) is 13.5 Å². The highest BCUT2D eigenvalue weighted by Gasteiger charge is 2.24. The summed E-state index contributed by atoms with van der Waals surface area (Å²) in [6, 6.07) is 3.11. The van der Waals surface area contributed by atoms with E-state index in [0.717, 1.165) is 18.2 Å². The molecule has 1 aromatic rings. The number of benzene rings is 1. The van der Waals surface area contributed by atoms with Crippen LogP contribution < -0.4 is 5.32 Å². The molecule has 6 heteroatoms. The average molecular weight is 245 g/mol. The number of rotatable bonds is 4. The Bertz CT molecular complexity index is 391. The van der Waals surface area contributed by atoms with E-state index in [2.05, 4.69) is 5.32 Å². The zero-order chi connectivity index (χ0) is 13.0. The smallest absolute Gasteiger partial charge is 0.216 e. The van der Waals surface area contributed by atoms with E-state index >= 15 is 0 Å². The summed E-state index contributed by atoms with van der Waals surface area (Å²) >= 11 is 0. The summed E-state index contributed by atoms with van der Waals surface area (Å²) in [6.45, 7) is 0.938. The van der Waals surface area contributed by atoms with E-state index in [1.165, 1.54) is 6.92 Å². The summed E-state index contributed by atoms with van der Waals surface area (Å²) in [5.41, 5.74) is -0.606. The molecule has 17 heavy (non-hydrogen) atoms. The first kappa shape index (κ1) is 13.5. The van der Waals surface area contributed by atoms with Gasteiger partial charge in [-0.1, -0.05) is 6.07 Å². The van der Waals surface area contributed by atoms with Gasteiger partial charge in [0.2, 0.25) is 5.91 Å². The van der Waals surface area contributed by atoms with Gasteiger partial charge in [-0.05, 0) is 12.1 Å². The molecular weight excluding hydrogens is 232 g/mol. The van der Waals surface area contributed by atoms with E-state index in [4.69, 9.17) is 0 Å². The van der Waals surface area contributed by atoms with Crippen molar-refractivity contribution in [2.24, 2.45) is 0 Å². The molecule has 0 bridgehead atoms. The number of hydrogen-bond donors (Lipinski definition) is 3. The van der Waals surface area contributed by atoms with Crippen LogP contribution in [-0.2, 0) is 4.79 Å².